The number of hydrogen-bond donors (Lipinski definition) is 1. The molecule has 0 bridgehead atoms. The zero-order valence-corrected chi connectivity index (χ0v) is 11.9. The number of ether oxygens (including phenoxy) is 1. The lowest BCUT2D eigenvalue weighted by Gasteiger charge is -2.40. The van der Waals surface area contributed by atoms with E-state index in [1.165, 1.54) is 5.69 Å². The van der Waals surface area contributed by atoms with Crippen LogP contribution in [-0.4, -0.2) is 53.4 Å². The number of rotatable bonds is 3. The zero-order valence-electron chi connectivity index (χ0n) is 11.9. The highest BCUT2D eigenvalue weighted by molar-refractivity contribution is 5.76. The molecule has 1 atom stereocenters. The summed E-state index contributed by atoms with van der Waals surface area (Å²) in [6.07, 6.45) is 4.49. The smallest absolute Gasteiger partial charge is 0.221 e. The number of carbonyl (C=O) groups excluding carboxylic acids is 1. The Labute approximate surface area is 119 Å². The van der Waals surface area contributed by atoms with Crippen molar-refractivity contribution >= 4 is 5.91 Å². The molecular weight excluding hydrogens is 256 g/mol. The molecular formula is C14H22N4O2. The Morgan fingerprint density at radius 1 is 1.50 bits per heavy atom. The molecule has 1 N–H and O–H groups in total. The standard InChI is InChI=1S/C14H22N4O2/c1-15-14(19)8-13-10-17(11-3-6-20-7-4-11)9-12-2-5-16-18(12)13/h2,5,11,13H,3-4,6-10H2,1H3,(H,15,19)/t13-/m0/s1. The van der Waals surface area contributed by atoms with Crippen LogP contribution in [0.1, 0.15) is 31.0 Å². The van der Waals surface area contributed by atoms with E-state index in [2.05, 4.69) is 21.4 Å². The average Bonchev–Trinajstić information content (AvgIpc) is 2.96. The van der Waals surface area contributed by atoms with Gasteiger partial charge in [-0.05, 0) is 18.9 Å². The highest BCUT2D eigenvalue weighted by atomic mass is 16.5. The lowest BCUT2D eigenvalue weighted by Crippen LogP contribution is -2.46. The van der Waals surface area contributed by atoms with E-state index in [1.54, 1.807) is 7.05 Å². The van der Waals surface area contributed by atoms with Gasteiger partial charge in [0.25, 0.3) is 0 Å². The molecule has 3 rings (SSSR count). The van der Waals surface area contributed by atoms with Gasteiger partial charge < -0.3 is 10.1 Å². The molecule has 110 valence electrons. The summed E-state index contributed by atoms with van der Waals surface area (Å²) in [5, 5.41) is 7.10. The molecule has 0 aliphatic carbocycles. The van der Waals surface area contributed by atoms with Gasteiger partial charge in [0.1, 0.15) is 0 Å². The maximum absolute atomic E-state index is 11.7. The third-order valence-corrected chi connectivity index (χ3v) is 4.32. The summed E-state index contributed by atoms with van der Waals surface area (Å²) < 4.78 is 7.46. The largest absolute Gasteiger partial charge is 0.381 e. The van der Waals surface area contributed by atoms with Gasteiger partial charge in [-0.15, -0.1) is 0 Å². The summed E-state index contributed by atoms with van der Waals surface area (Å²) in [6, 6.07) is 2.76. The molecule has 1 aromatic heterocycles. The maximum Gasteiger partial charge on any atom is 0.221 e. The van der Waals surface area contributed by atoms with Gasteiger partial charge in [-0.1, -0.05) is 0 Å². The third kappa shape index (κ3) is 2.71. The molecule has 0 spiro atoms. The van der Waals surface area contributed by atoms with Crippen LogP contribution in [0.3, 0.4) is 0 Å². The molecule has 2 aliphatic heterocycles. The van der Waals surface area contributed by atoms with Crippen molar-refractivity contribution in [3.8, 4) is 0 Å². The second-order valence-corrected chi connectivity index (χ2v) is 5.57. The van der Waals surface area contributed by atoms with Crippen LogP contribution in [0.5, 0.6) is 0 Å². The monoisotopic (exact) mass is 278 g/mol. The third-order valence-electron chi connectivity index (χ3n) is 4.32. The molecule has 20 heavy (non-hydrogen) atoms. The van der Waals surface area contributed by atoms with E-state index in [4.69, 9.17) is 4.74 Å². The number of nitrogens with zero attached hydrogens (tertiary/aromatic N) is 3. The first-order valence-electron chi connectivity index (χ1n) is 7.32. The lowest BCUT2D eigenvalue weighted by molar-refractivity contribution is -0.121. The Hall–Kier alpha value is -1.40. The van der Waals surface area contributed by atoms with Gasteiger partial charge in [-0.2, -0.15) is 5.10 Å². The summed E-state index contributed by atoms with van der Waals surface area (Å²) in [7, 11) is 1.69. The van der Waals surface area contributed by atoms with Crippen molar-refractivity contribution in [2.24, 2.45) is 0 Å². The van der Waals surface area contributed by atoms with E-state index in [1.807, 2.05) is 10.9 Å². The SMILES string of the molecule is CNC(=O)C[C@H]1CN(C2CCOCC2)Cc2ccnn21. The molecule has 1 saturated heterocycles. The number of carbonyl (C=O) groups is 1. The molecule has 0 aromatic carbocycles. The summed E-state index contributed by atoms with van der Waals surface area (Å²) in [4.78, 5) is 14.2. The molecule has 1 fully saturated rings. The predicted octanol–water partition coefficient (Wildman–Crippen LogP) is 0.555. The van der Waals surface area contributed by atoms with E-state index in [9.17, 15) is 4.79 Å². The number of amides is 1. The summed E-state index contributed by atoms with van der Waals surface area (Å²) in [5.74, 6) is 0.0743. The molecule has 0 unspecified atom stereocenters. The van der Waals surface area contributed by atoms with Crippen molar-refractivity contribution in [2.75, 3.05) is 26.8 Å². The van der Waals surface area contributed by atoms with Crippen molar-refractivity contribution in [2.45, 2.75) is 37.9 Å². The number of fused-ring (bicyclic) bond motifs is 1. The molecule has 3 heterocycles. The van der Waals surface area contributed by atoms with Crippen molar-refractivity contribution in [3.05, 3.63) is 18.0 Å². The normalized spacial score (nSPS) is 24.4. The second-order valence-electron chi connectivity index (χ2n) is 5.57. The molecule has 1 amide bonds. The first-order chi connectivity index (χ1) is 9.78. The van der Waals surface area contributed by atoms with Gasteiger partial charge in [0.15, 0.2) is 0 Å². The van der Waals surface area contributed by atoms with Crippen LogP contribution in [0, 0.1) is 0 Å². The van der Waals surface area contributed by atoms with Gasteiger partial charge in [0.2, 0.25) is 5.91 Å². The van der Waals surface area contributed by atoms with Crippen LogP contribution >= 0.6 is 0 Å². The van der Waals surface area contributed by atoms with Gasteiger partial charge >= 0.3 is 0 Å². The van der Waals surface area contributed by atoms with Gasteiger partial charge in [-0.25, -0.2) is 0 Å². The predicted molar refractivity (Wildman–Crippen MR) is 74.2 cm³/mol. The number of nitrogens with one attached hydrogen (secondary N) is 1. The molecule has 6 heteroatoms. The van der Waals surface area contributed by atoms with Crippen LogP contribution in [0.2, 0.25) is 0 Å². The quantitative estimate of drug-likeness (QED) is 0.877. The minimum Gasteiger partial charge on any atom is -0.381 e. The summed E-state index contributed by atoms with van der Waals surface area (Å²) in [5.41, 5.74) is 1.21. The van der Waals surface area contributed by atoms with E-state index in [0.717, 1.165) is 39.1 Å². The van der Waals surface area contributed by atoms with E-state index < -0.39 is 0 Å². The summed E-state index contributed by atoms with van der Waals surface area (Å²) in [6.45, 7) is 3.52. The topological polar surface area (TPSA) is 59.4 Å². The Morgan fingerprint density at radius 2 is 2.30 bits per heavy atom. The van der Waals surface area contributed by atoms with E-state index in [0.29, 0.717) is 12.5 Å². The fraction of sp³-hybridized carbons (Fsp3) is 0.714. The zero-order chi connectivity index (χ0) is 13.9. The van der Waals surface area contributed by atoms with Crippen LogP contribution in [0.4, 0.5) is 0 Å². The number of hydrogen-bond acceptors (Lipinski definition) is 4. The van der Waals surface area contributed by atoms with Gasteiger partial charge in [0.05, 0.1) is 18.2 Å². The molecule has 0 saturated carbocycles. The van der Waals surface area contributed by atoms with Gasteiger partial charge in [-0.3, -0.25) is 14.4 Å². The minimum atomic E-state index is 0.0743. The highest BCUT2D eigenvalue weighted by Gasteiger charge is 2.31. The molecule has 1 aromatic rings. The summed E-state index contributed by atoms with van der Waals surface area (Å²) >= 11 is 0. The first-order valence-corrected chi connectivity index (χ1v) is 7.32. The van der Waals surface area contributed by atoms with Gasteiger partial charge in [0, 0.05) is 45.6 Å². The Morgan fingerprint density at radius 3 is 3.05 bits per heavy atom. The van der Waals surface area contributed by atoms with E-state index >= 15 is 0 Å². The fourth-order valence-corrected chi connectivity index (χ4v) is 3.21. The average molecular weight is 278 g/mol. The Kier molecular flexibility index (Phi) is 4.03. The van der Waals surface area contributed by atoms with Crippen LogP contribution in [0.25, 0.3) is 0 Å². The second kappa shape index (κ2) is 5.93. The van der Waals surface area contributed by atoms with Crippen LogP contribution in [0.15, 0.2) is 12.3 Å². The Balaban J connectivity index is 1.75. The fourth-order valence-electron chi connectivity index (χ4n) is 3.21. The van der Waals surface area contributed by atoms with Crippen molar-refractivity contribution in [1.82, 2.24) is 20.0 Å². The minimum absolute atomic E-state index is 0.0743. The van der Waals surface area contributed by atoms with Crippen molar-refractivity contribution < 1.29 is 9.53 Å². The van der Waals surface area contributed by atoms with Crippen molar-refractivity contribution in [3.63, 3.8) is 0 Å². The molecule has 2 aliphatic rings. The maximum atomic E-state index is 11.7. The lowest BCUT2D eigenvalue weighted by atomic mass is 10.0. The molecule has 0 radical (unpaired) electrons. The molecule has 6 nitrogen and oxygen atoms in total. The number of aromatic nitrogens is 2. The van der Waals surface area contributed by atoms with Crippen molar-refractivity contribution in [1.29, 1.82) is 0 Å². The highest BCUT2D eigenvalue weighted by Crippen LogP contribution is 2.27. The van der Waals surface area contributed by atoms with E-state index in [-0.39, 0.29) is 11.9 Å². The van der Waals surface area contributed by atoms with Crippen LogP contribution < -0.4 is 5.32 Å². The first kappa shape index (κ1) is 13.6. The Bertz CT molecular complexity index is 467. The van der Waals surface area contributed by atoms with Crippen LogP contribution in [-0.2, 0) is 16.1 Å².